The van der Waals surface area contributed by atoms with Gasteiger partial charge in [0, 0.05) is 18.0 Å². The summed E-state index contributed by atoms with van der Waals surface area (Å²) in [4.78, 5) is 24.8. The van der Waals surface area contributed by atoms with E-state index in [-0.39, 0.29) is 12.2 Å². The fourth-order valence-electron chi connectivity index (χ4n) is 4.31. The van der Waals surface area contributed by atoms with E-state index >= 15 is 0 Å². The normalized spacial score (nSPS) is 14.5. The summed E-state index contributed by atoms with van der Waals surface area (Å²) in [6.07, 6.45) is 2.52. The number of aliphatic hydroxyl groups excluding tert-OH is 1. The summed E-state index contributed by atoms with van der Waals surface area (Å²) in [6.45, 7) is 8.24. The Hall–Kier alpha value is -2.22. The van der Waals surface area contributed by atoms with E-state index in [4.69, 9.17) is 9.72 Å². The van der Waals surface area contributed by atoms with E-state index in [0.717, 1.165) is 47.3 Å². The quantitative estimate of drug-likeness (QED) is 0.530. The number of H-pyrrole nitrogens is 1. The number of aryl methyl sites for hydroxylation is 3. The Bertz CT molecular complexity index is 1110. The van der Waals surface area contributed by atoms with Gasteiger partial charge in [-0.1, -0.05) is 32.0 Å². The molecule has 1 aliphatic carbocycles. The van der Waals surface area contributed by atoms with Crippen LogP contribution in [0.4, 0.5) is 0 Å². The molecule has 31 heavy (non-hydrogen) atoms. The summed E-state index contributed by atoms with van der Waals surface area (Å²) in [5.41, 5.74) is 2.21. The van der Waals surface area contributed by atoms with Crippen LogP contribution >= 0.6 is 11.3 Å². The fraction of sp³-hybridized carbons (Fsp3) is 0.500. The molecule has 0 fully saturated rings. The Morgan fingerprint density at radius 3 is 2.84 bits per heavy atom. The van der Waals surface area contributed by atoms with E-state index in [1.165, 1.54) is 10.4 Å². The van der Waals surface area contributed by atoms with Crippen LogP contribution in [0.25, 0.3) is 10.2 Å². The lowest BCUT2D eigenvalue weighted by molar-refractivity contribution is 0.0604. The van der Waals surface area contributed by atoms with Gasteiger partial charge in [0.2, 0.25) is 0 Å². The van der Waals surface area contributed by atoms with Crippen molar-refractivity contribution in [1.82, 2.24) is 14.9 Å². The number of benzene rings is 1. The third-order valence-corrected chi connectivity index (χ3v) is 6.80. The van der Waals surface area contributed by atoms with Crippen LogP contribution in [0.15, 0.2) is 29.1 Å². The second kappa shape index (κ2) is 9.51. The number of aromatic amines is 1. The van der Waals surface area contributed by atoms with E-state index in [0.29, 0.717) is 24.8 Å². The van der Waals surface area contributed by atoms with Crippen LogP contribution < -0.4 is 10.3 Å². The van der Waals surface area contributed by atoms with Crippen molar-refractivity contribution < 1.29 is 9.84 Å². The Kier molecular flexibility index (Phi) is 6.74. The monoisotopic (exact) mass is 441 g/mol. The van der Waals surface area contributed by atoms with E-state index < -0.39 is 6.10 Å². The number of aliphatic hydroxyl groups is 1. The van der Waals surface area contributed by atoms with Gasteiger partial charge >= 0.3 is 0 Å². The van der Waals surface area contributed by atoms with Crippen LogP contribution in [0.2, 0.25) is 0 Å². The minimum absolute atomic E-state index is 0.0349. The Morgan fingerprint density at radius 2 is 2.06 bits per heavy atom. The molecular formula is C24H31N3O3S. The van der Waals surface area contributed by atoms with Crippen LogP contribution in [0.5, 0.6) is 5.75 Å². The third-order valence-electron chi connectivity index (χ3n) is 5.61. The molecule has 2 N–H and O–H groups in total. The molecular weight excluding hydrogens is 410 g/mol. The lowest BCUT2D eigenvalue weighted by Crippen LogP contribution is -2.38. The van der Waals surface area contributed by atoms with Gasteiger partial charge in [0.1, 0.15) is 29.1 Å². The first-order valence-corrected chi connectivity index (χ1v) is 11.8. The number of ether oxygens (including phenoxy) is 1. The van der Waals surface area contributed by atoms with Crippen LogP contribution in [-0.2, 0) is 19.4 Å². The third kappa shape index (κ3) is 5.17. The van der Waals surface area contributed by atoms with Crippen molar-refractivity contribution in [2.24, 2.45) is 5.92 Å². The van der Waals surface area contributed by atoms with Gasteiger partial charge in [0.25, 0.3) is 5.56 Å². The Balaban J connectivity index is 1.45. The summed E-state index contributed by atoms with van der Waals surface area (Å²) in [7, 11) is 0. The fourth-order valence-corrected chi connectivity index (χ4v) is 5.59. The molecule has 2 heterocycles. The van der Waals surface area contributed by atoms with Gasteiger partial charge in [-0.2, -0.15) is 0 Å². The molecule has 1 aliphatic rings. The lowest BCUT2D eigenvalue weighted by Gasteiger charge is -2.26. The molecule has 0 saturated carbocycles. The van der Waals surface area contributed by atoms with E-state index in [2.05, 4.69) is 23.7 Å². The van der Waals surface area contributed by atoms with Crippen LogP contribution in [0.3, 0.4) is 0 Å². The molecule has 0 aliphatic heterocycles. The van der Waals surface area contributed by atoms with Gasteiger partial charge in [-0.3, -0.25) is 9.69 Å². The second-order valence-corrected chi connectivity index (χ2v) is 9.95. The first-order chi connectivity index (χ1) is 14.9. The van der Waals surface area contributed by atoms with Crippen molar-refractivity contribution >= 4 is 21.6 Å². The number of thiophene rings is 1. The highest BCUT2D eigenvalue weighted by Crippen LogP contribution is 2.34. The number of para-hydroxylation sites is 1. The van der Waals surface area contributed by atoms with E-state index in [9.17, 15) is 9.90 Å². The Morgan fingerprint density at radius 1 is 1.26 bits per heavy atom. The maximum Gasteiger partial charge on any atom is 0.259 e. The molecule has 3 aromatic rings. The molecule has 0 amide bonds. The van der Waals surface area contributed by atoms with Crippen LogP contribution in [-0.4, -0.2) is 45.8 Å². The summed E-state index contributed by atoms with van der Waals surface area (Å²) in [6, 6.07) is 7.80. The number of hydrogen-bond donors (Lipinski definition) is 2. The van der Waals surface area contributed by atoms with Crippen molar-refractivity contribution in [2.75, 3.05) is 19.7 Å². The number of aromatic nitrogens is 2. The van der Waals surface area contributed by atoms with Gasteiger partial charge in [0.15, 0.2) is 0 Å². The van der Waals surface area contributed by atoms with Crippen LogP contribution in [0.1, 0.15) is 42.1 Å². The highest BCUT2D eigenvalue weighted by molar-refractivity contribution is 7.18. The number of nitrogens with one attached hydrogen (secondary N) is 1. The molecule has 1 aromatic carbocycles. The molecule has 0 spiro atoms. The molecule has 2 aromatic heterocycles. The first kappa shape index (κ1) is 22.0. The smallest absolute Gasteiger partial charge is 0.259 e. The number of hydrogen-bond acceptors (Lipinski definition) is 6. The molecule has 7 heteroatoms. The molecule has 6 nitrogen and oxygen atoms in total. The molecule has 0 unspecified atom stereocenters. The largest absolute Gasteiger partial charge is 0.491 e. The maximum atomic E-state index is 12.8. The van der Waals surface area contributed by atoms with Gasteiger partial charge in [-0.05, 0) is 49.3 Å². The van der Waals surface area contributed by atoms with Crippen molar-refractivity contribution in [3.63, 3.8) is 0 Å². The average Bonchev–Trinajstić information content (AvgIpc) is 3.27. The molecule has 0 radical (unpaired) electrons. The van der Waals surface area contributed by atoms with E-state index in [1.54, 1.807) is 11.3 Å². The predicted octanol–water partition coefficient (Wildman–Crippen LogP) is 3.68. The number of fused-ring (bicyclic) bond motifs is 3. The highest BCUT2D eigenvalue weighted by Gasteiger charge is 2.22. The lowest BCUT2D eigenvalue weighted by atomic mass is 10.2. The van der Waals surface area contributed by atoms with E-state index in [1.807, 2.05) is 31.2 Å². The standard InChI is InChI=1S/C24H31N3O3S/c1-15(2)11-27(12-17(28)14-30-19-9-5-4-7-16(19)3)13-21-25-23(29)22-18-8-6-10-20(18)31-24(22)26-21/h4-5,7,9,15,17,28H,6,8,10-14H2,1-3H3,(H,25,26,29)/t17-/m0/s1. The number of rotatable bonds is 9. The van der Waals surface area contributed by atoms with Crippen LogP contribution in [0, 0.1) is 12.8 Å². The van der Waals surface area contributed by atoms with Crippen molar-refractivity contribution in [1.29, 1.82) is 0 Å². The first-order valence-electron chi connectivity index (χ1n) is 11.0. The zero-order valence-corrected chi connectivity index (χ0v) is 19.3. The maximum absolute atomic E-state index is 12.8. The molecule has 0 saturated heterocycles. The predicted molar refractivity (Wildman–Crippen MR) is 125 cm³/mol. The SMILES string of the molecule is Cc1ccccc1OC[C@@H](O)CN(Cc1nc2sc3c(c2c(=O)[nH]1)CCC3)CC(C)C. The topological polar surface area (TPSA) is 78.5 Å². The zero-order valence-electron chi connectivity index (χ0n) is 18.5. The molecule has 166 valence electrons. The van der Waals surface area contributed by atoms with Gasteiger partial charge in [-0.15, -0.1) is 11.3 Å². The van der Waals surface area contributed by atoms with Crippen molar-refractivity contribution in [2.45, 2.75) is 52.7 Å². The van der Waals surface area contributed by atoms with Gasteiger partial charge < -0.3 is 14.8 Å². The summed E-state index contributed by atoms with van der Waals surface area (Å²) >= 11 is 1.66. The molecule has 0 bridgehead atoms. The van der Waals surface area contributed by atoms with Crippen molar-refractivity contribution in [3.05, 3.63) is 56.4 Å². The molecule has 1 atom stereocenters. The van der Waals surface area contributed by atoms with Crippen molar-refractivity contribution in [3.8, 4) is 5.75 Å². The molecule has 4 rings (SSSR count). The van der Waals surface area contributed by atoms with Gasteiger partial charge in [-0.25, -0.2) is 4.98 Å². The minimum atomic E-state index is -0.639. The second-order valence-electron chi connectivity index (χ2n) is 8.87. The van der Waals surface area contributed by atoms with Gasteiger partial charge in [0.05, 0.1) is 11.9 Å². The number of nitrogens with zero attached hydrogens (tertiary/aromatic N) is 2. The highest BCUT2D eigenvalue weighted by atomic mass is 32.1. The minimum Gasteiger partial charge on any atom is -0.491 e. The Labute approximate surface area is 186 Å². The summed E-state index contributed by atoms with van der Waals surface area (Å²) in [5, 5.41) is 11.4. The zero-order chi connectivity index (χ0) is 22.0. The summed E-state index contributed by atoms with van der Waals surface area (Å²) in [5.74, 6) is 1.87. The average molecular weight is 442 g/mol. The summed E-state index contributed by atoms with van der Waals surface area (Å²) < 4.78 is 5.82.